The molecule has 1 atom stereocenters. The SMILES string of the molecule is CCOc1cc(C)nc(NC(C)(CN)C(C)C)n1. The summed E-state index contributed by atoms with van der Waals surface area (Å²) in [5, 5.41) is 3.32. The molecule has 0 saturated carbocycles. The summed E-state index contributed by atoms with van der Waals surface area (Å²) in [5.41, 5.74) is 6.49. The fourth-order valence-corrected chi connectivity index (χ4v) is 1.50. The average Bonchev–Trinajstić information content (AvgIpc) is 2.28. The van der Waals surface area contributed by atoms with Crippen LogP contribution in [0.2, 0.25) is 0 Å². The number of nitrogens with one attached hydrogen (secondary N) is 1. The Kier molecular flexibility index (Phi) is 4.90. The van der Waals surface area contributed by atoms with Crippen LogP contribution in [0.15, 0.2) is 6.07 Å². The minimum atomic E-state index is -0.225. The van der Waals surface area contributed by atoms with E-state index in [0.29, 0.717) is 30.9 Å². The molecule has 1 aromatic rings. The number of hydrogen-bond donors (Lipinski definition) is 2. The summed E-state index contributed by atoms with van der Waals surface area (Å²) >= 11 is 0. The maximum atomic E-state index is 5.84. The Hall–Kier alpha value is -1.36. The van der Waals surface area contributed by atoms with Gasteiger partial charge in [0.1, 0.15) is 0 Å². The summed E-state index contributed by atoms with van der Waals surface area (Å²) in [5.74, 6) is 1.54. The third kappa shape index (κ3) is 3.57. The van der Waals surface area contributed by atoms with Crippen LogP contribution >= 0.6 is 0 Å². The summed E-state index contributed by atoms with van der Waals surface area (Å²) in [6.45, 7) is 11.3. The summed E-state index contributed by atoms with van der Waals surface area (Å²) in [6.07, 6.45) is 0. The van der Waals surface area contributed by atoms with Crippen molar-refractivity contribution < 1.29 is 4.74 Å². The monoisotopic (exact) mass is 252 g/mol. The molecule has 0 aliphatic rings. The van der Waals surface area contributed by atoms with Gasteiger partial charge in [-0.05, 0) is 26.7 Å². The highest BCUT2D eigenvalue weighted by atomic mass is 16.5. The van der Waals surface area contributed by atoms with Crippen LogP contribution < -0.4 is 15.8 Å². The van der Waals surface area contributed by atoms with Gasteiger partial charge in [-0.1, -0.05) is 13.8 Å². The molecular weight excluding hydrogens is 228 g/mol. The molecule has 1 unspecified atom stereocenters. The van der Waals surface area contributed by atoms with E-state index >= 15 is 0 Å². The second-order valence-electron chi connectivity index (χ2n) is 5.01. The highest BCUT2D eigenvalue weighted by Crippen LogP contribution is 2.21. The number of nitrogens with two attached hydrogens (primary N) is 1. The fraction of sp³-hybridized carbons (Fsp3) is 0.692. The standard InChI is InChI=1S/C13H24N4O/c1-6-18-11-7-10(4)15-12(16-11)17-13(5,8-14)9(2)3/h7,9H,6,8,14H2,1-5H3,(H,15,16,17). The molecule has 0 saturated heterocycles. The van der Waals surface area contributed by atoms with E-state index < -0.39 is 0 Å². The number of nitrogens with zero attached hydrogens (tertiary/aromatic N) is 2. The molecule has 0 spiro atoms. The average molecular weight is 252 g/mol. The molecule has 1 heterocycles. The number of aromatic nitrogens is 2. The zero-order valence-electron chi connectivity index (χ0n) is 11.9. The van der Waals surface area contributed by atoms with Crippen molar-refractivity contribution in [2.24, 2.45) is 11.7 Å². The van der Waals surface area contributed by atoms with Gasteiger partial charge in [-0.15, -0.1) is 0 Å². The van der Waals surface area contributed by atoms with E-state index in [4.69, 9.17) is 10.5 Å². The molecule has 0 aromatic carbocycles. The Bertz CT molecular complexity index is 395. The largest absolute Gasteiger partial charge is 0.478 e. The van der Waals surface area contributed by atoms with Gasteiger partial charge in [-0.25, -0.2) is 4.98 Å². The second kappa shape index (κ2) is 6.00. The maximum Gasteiger partial charge on any atom is 0.226 e. The number of ether oxygens (including phenoxy) is 1. The van der Waals surface area contributed by atoms with Crippen LogP contribution in [0, 0.1) is 12.8 Å². The predicted molar refractivity (Wildman–Crippen MR) is 73.9 cm³/mol. The summed E-state index contributed by atoms with van der Waals surface area (Å²) in [6, 6.07) is 1.82. The first-order chi connectivity index (χ1) is 8.41. The van der Waals surface area contributed by atoms with Crippen LogP contribution in [0.25, 0.3) is 0 Å². The minimum absolute atomic E-state index is 0.225. The fourth-order valence-electron chi connectivity index (χ4n) is 1.50. The third-order valence-electron chi connectivity index (χ3n) is 3.22. The van der Waals surface area contributed by atoms with Gasteiger partial charge >= 0.3 is 0 Å². The van der Waals surface area contributed by atoms with Crippen molar-refractivity contribution in [3.05, 3.63) is 11.8 Å². The van der Waals surface area contributed by atoms with Crippen LogP contribution in [0.5, 0.6) is 5.88 Å². The lowest BCUT2D eigenvalue weighted by Gasteiger charge is -2.33. The third-order valence-corrected chi connectivity index (χ3v) is 3.22. The van der Waals surface area contributed by atoms with Crippen molar-refractivity contribution in [1.29, 1.82) is 0 Å². The highest BCUT2D eigenvalue weighted by molar-refractivity contribution is 5.34. The van der Waals surface area contributed by atoms with Gasteiger partial charge in [0.15, 0.2) is 0 Å². The summed E-state index contributed by atoms with van der Waals surface area (Å²) in [7, 11) is 0. The van der Waals surface area contributed by atoms with E-state index in [0.717, 1.165) is 5.69 Å². The smallest absolute Gasteiger partial charge is 0.226 e. The van der Waals surface area contributed by atoms with Crippen molar-refractivity contribution >= 4 is 5.95 Å². The van der Waals surface area contributed by atoms with Gasteiger partial charge in [-0.3, -0.25) is 0 Å². The van der Waals surface area contributed by atoms with Gasteiger partial charge in [0.25, 0.3) is 0 Å². The molecule has 0 bridgehead atoms. The molecular formula is C13H24N4O. The van der Waals surface area contributed by atoms with Crippen molar-refractivity contribution in [1.82, 2.24) is 9.97 Å². The van der Waals surface area contributed by atoms with Gasteiger partial charge in [0, 0.05) is 18.3 Å². The van der Waals surface area contributed by atoms with Crippen LogP contribution in [-0.2, 0) is 0 Å². The molecule has 0 radical (unpaired) electrons. The first-order valence-electron chi connectivity index (χ1n) is 6.38. The topological polar surface area (TPSA) is 73.1 Å². The van der Waals surface area contributed by atoms with Crippen LogP contribution in [-0.4, -0.2) is 28.7 Å². The molecule has 1 aromatic heterocycles. The number of hydrogen-bond acceptors (Lipinski definition) is 5. The zero-order valence-corrected chi connectivity index (χ0v) is 11.9. The van der Waals surface area contributed by atoms with E-state index in [-0.39, 0.29) is 5.54 Å². The molecule has 5 heteroatoms. The Balaban J connectivity index is 2.96. The lowest BCUT2D eigenvalue weighted by atomic mass is 9.89. The van der Waals surface area contributed by atoms with Crippen molar-refractivity contribution in [3.8, 4) is 5.88 Å². The molecule has 18 heavy (non-hydrogen) atoms. The van der Waals surface area contributed by atoms with E-state index in [1.807, 2.05) is 19.9 Å². The zero-order chi connectivity index (χ0) is 13.8. The van der Waals surface area contributed by atoms with Crippen molar-refractivity contribution in [3.63, 3.8) is 0 Å². The maximum absolute atomic E-state index is 5.84. The van der Waals surface area contributed by atoms with Gasteiger partial charge in [-0.2, -0.15) is 4.98 Å². The summed E-state index contributed by atoms with van der Waals surface area (Å²) < 4.78 is 5.41. The van der Waals surface area contributed by atoms with Crippen molar-refractivity contribution in [2.45, 2.75) is 40.2 Å². The summed E-state index contributed by atoms with van der Waals surface area (Å²) in [4.78, 5) is 8.71. The first kappa shape index (κ1) is 14.7. The van der Waals surface area contributed by atoms with Crippen LogP contribution in [0.1, 0.15) is 33.4 Å². The molecule has 102 valence electrons. The lowest BCUT2D eigenvalue weighted by Crippen LogP contribution is -2.47. The van der Waals surface area contributed by atoms with Gasteiger partial charge in [0.05, 0.1) is 12.1 Å². The molecule has 1 rings (SSSR count). The minimum Gasteiger partial charge on any atom is -0.478 e. The normalized spacial score (nSPS) is 14.4. The van der Waals surface area contributed by atoms with E-state index in [2.05, 4.69) is 36.1 Å². The van der Waals surface area contributed by atoms with Crippen LogP contribution in [0.3, 0.4) is 0 Å². The Morgan fingerprint density at radius 2 is 2.11 bits per heavy atom. The number of aryl methyl sites for hydroxylation is 1. The quantitative estimate of drug-likeness (QED) is 0.809. The number of anilines is 1. The molecule has 3 N–H and O–H groups in total. The highest BCUT2D eigenvalue weighted by Gasteiger charge is 2.27. The van der Waals surface area contributed by atoms with E-state index in [9.17, 15) is 0 Å². The van der Waals surface area contributed by atoms with E-state index in [1.54, 1.807) is 0 Å². The number of rotatable bonds is 6. The molecule has 0 fully saturated rings. The van der Waals surface area contributed by atoms with Gasteiger partial charge in [0.2, 0.25) is 11.8 Å². The van der Waals surface area contributed by atoms with Gasteiger partial charge < -0.3 is 15.8 Å². The Morgan fingerprint density at radius 1 is 1.44 bits per heavy atom. The predicted octanol–water partition coefficient (Wildman–Crippen LogP) is 1.97. The Morgan fingerprint density at radius 3 is 2.61 bits per heavy atom. The van der Waals surface area contributed by atoms with E-state index in [1.165, 1.54) is 0 Å². The van der Waals surface area contributed by atoms with Crippen LogP contribution in [0.4, 0.5) is 5.95 Å². The molecule has 0 aliphatic heterocycles. The molecule has 0 aliphatic carbocycles. The molecule has 0 amide bonds. The van der Waals surface area contributed by atoms with Crippen molar-refractivity contribution in [2.75, 3.05) is 18.5 Å². The first-order valence-corrected chi connectivity index (χ1v) is 6.38. The second-order valence-corrected chi connectivity index (χ2v) is 5.01. The Labute approximate surface area is 109 Å². The lowest BCUT2D eigenvalue weighted by molar-refractivity contribution is 0.325. The molecule has 5 nitrogen and oxygen atoms in total.